The van der Waals surface area contributed by atoms with Gasteiger partial charge in [-0.2, -0.15) is 5.10 Å². The summed E-state index contributed by atoms with van der Waals surface area (Å²) in [6, 6.07) is 11.6. The van der Waals surface area contributed by atoms with Crippen LogP contribution in [0.15, 0.2) is 42.6 Å². The molecule has 108 valence electrons. The first-order valence-electron chi connectivity index (χ1n) is 7.13. The largest absolute Gasteiger partial charge is 0.352 e. The lowest BCUT2D eigenvalue weighted by atomic mass is 10.1. The molecule has 0 aliphatic carbocycles. The predicted molar refractivity (Wildman–Crippen MR) is 81.3 cm³/mol. The molecule has 5 heteroatoms. The normalized spacial score (nSPS) is 15.1. The van der Waals surface area contributed by atoms with Gasteiger partial charge in [-0.15, -0.1) is 5.10 Å². The van der Waals surface area contributed by atoms with Crippen molar-refractivity contribution in [1.82, 2.24) is 15.1 Å². The molecule has 1 aromatic heterocycles. The highest BCUT2D eigenvalue weighted by molar-refractivity contribution is 5.95. The highest BCUT2D eigenvalue weighted by atomic mass is 16.2. The summed E-state index contributed by atoms with van der Waals surface area (Å²) in [5.41, 5.74) is 1.82. The van der Waals surface area contributed by atoms with Gasteiger partial charge in [0.15, 0.2) is 5.82 Å². The molecule has 5 nitrogen and oxygen atoms in total. The predicted octanol–water partition coefficient (Wildman–Crippen LogP) is 1.75. The Balaban J connectivity index is 1.66. The molecule has 0 N–H and O–H groups in total. The number of hydrogen-bond acceptors (Lipinski definition) is 4. The lowest BCUT2D eigenvalue weighted by Gasteiger charge is -2.35. The van der Waals surface area contributed by atoms with Gasteiger partial charge in [0.05, 0.1) is 0 Å². The molecule has 0 radical (unpaired) electrons. The van der Waals surface area contributed by atoms with E-state index in [4.69, 9.17) is 0 Å². The molecule has 0 atom stereocenters. The number of piperazine rings is 1. The molecule has 21 heavy (non-hydrogen) atoms. The molecule has 0 spiro atoms. The minimum atomic E-state index is 0.117. The van der Waals surface area contributed by atoms with E-state index in [1.807, 2.05) is 48.2 Å². The summed E-state index contributed by atoms with van der Waals surface area (Å²) in [5.74, 6) is 0.993. The Labute approximate surface area is 124 Å². The molecule has 1 aliphatic heterocycles. The standard InChI is InChI=1S/C16H18N4O/c1-13-5-2-3-6-14(13)16(21)20-11-9-19(10-12-20)15-7-4-8-17-18-15/h2-8H,9-12H2,1H3. The Morgan fingerprint density at radius 2 is 1.81 bits per heavy atom. The molecular weight excluding hydrogens is 264 g/mol. The Bertz CT molecular complexity index is 621. The Hall–Kier alpha value is -2.43. The maximum atomic E-state index is 12.5. The van der Waals surface area contributed by atoms with Crippen LogP contribution in [0.1, 0.15) is 15.9 Å². The fraction of sp³-hybridized carbons (Fsp3) is 0.312. The van der Waals surface area contributed by atoms with Crippen LogP contribution in [0.3, 0.4) is 0 Å². The molecule has 2 aromatic rings. The number of nitrogens with zero attached hydrogens (tertiary/aromatic N) is 4. The average molecular weight is 282 g/mol. The number of amides is 1. The first kappa shape index (κ1) is 13.5. The third-order valence-corrected chi connectivity index (χ3v) is 3.82. The van der Waals surface area contributed by atoms with Crippen molar-refractivity contribution < 1.29 is 4.79 Å². The van der Waals surface area contributed by atoms with Crippen molar-refractivity contribution >= 4 is 11.7 Å². The number of aryl methyl sites for hydroxylation is 1. The van der Waals surface area contributed by atoms with Crippen LogP contribution in [0.25, 0.3) is 0 Å². The third kappa shape index (κ3) is 2.86. The van der Waals surface area contributed by atoms with E-state index < -0.39 is 0 Å². The number of benzene rings is 1. The maximum absolute atomic E-state index is 12.5. The first-order valence-corrected chi connectivity index (χ1v) is 7.13. The van der Waals surface area contributed by atoms with Crippen LogP contribution in [0.2, 0.25) is 0 Å². The van der Waals surface area contributed by atoms with Crippen LogP contribution in [0.4, 0.5) is 5.82 Å². The van der Waals surface area contributed by atoms with Gasteiger partial charge < -0.3 is 9.80 Å². The Kier molecular flexibility index (Phi) is 3.81. The van der Waals surface area contributed by atoms with Crippen LogP contribution in [-0.4, -0.2) is 47.2 Å². The molecule has 1 aliphatic rings. The van der Waals surface area contributed by atoms with Gasteiger partial charge >= 0.3 is 0 Å². The molecule has 2 heterocycles. The van der Waals surface area contributed by atoms with E-state index in [1.54, 1.807) is 6.20 Å². The summed E-state index contributed by atoms with van der Waals surface area (Å²) in [6.07, 6.45) is 1.67. The van der Waals surface area contributed by atoms with Crippen LogP contribution in [0, 0.1) is 6.92 Å². The summed E-state index contributed by atoms with van der Waals surface area (Å²) in [5, 5.41) is 8.02. The van der Waals surface area contributed by atoms with Gasteiger partial charge in [0.25, 0.3) is 5.91 Å². The second-order valence-corrected chi connectivity index (χ2v) is 5.18. The van der Waals surface area contributed by atoms with E-state index >= 15 is 0 Å². The van der Waals surface area contributed by atoms with Crippen molar-refractivity contribution in [1.29, 1.82) is 0 Å². The van der Waals surface area contributed by atoms with Gasteiger partial charge in [-0.05, 0) is 30.7 Å². The van der Waals surface area contributed by atoms with Crippen molar-refractivity contribution in [2.75, 3.05) is 31.1 Å². The lowest BCUT2D eigenvalue weighted by molar-refractivity contribution is 0.0746. The highest BCUT2D eigenvalue weighted by Gasteiger charge is 2.23. The Morgan fingerprint density at radius 1 is 1.05 bits per heavy atom. The lowest BCUT2D eigenvalue weighted by Crippen LogP contribution is -2.49. The monoisotopic (exact) mass is 282 g/mol. The molecule has 0 bridgehead atoms. The minimum absolute atomic E-state index is 0.117. The maximum Gasteiger partial charge on any atom is 0.254 e. The zero-order valence-corrected chi connectivity index (χ0v) is 12.1. The molecule has 3 rings (SSSR count). The van der Waals surface area contributed by atoms with E-state index in [0.717, 1.165) is 30.0 Å². The molecule has 1 saturated heterocycles. The SMILES string of the molecule is Cc1ccccc1C(=O)N1CCN(c2cccnn2)CC1. The van der Waals surface area contributed by atoms with Crippen molar-refractivity contribution in [3.63, 3.8) is 0 Å². The molecule has 1 amide bonds. The molecule has 0 unspecified atom stereocenters. The van der Waals surface area contributed by atoms with Gasteiger partial charge in [-0.1, -0.05) is 18.2 Å². The number of rotatable bonds is 2. The van der Waals surface area contributed by atoms with E-state index in [1.165, 1.54) is 0 Å². The molecule has 1 fully saturated rings. The first-order chi connectivity index (χ1) is 10.3. The summed E-state index contributed by atoms with van der Waals surface area (Å²) < 4.78 is 0. The highest BCUT2D eigenvalue weighted by Crippen LogP contribution is 2.15. The second kappa shape index (κ2) is 5.91. The van der Waals surface area contributed by atoms with E-state index in [0.29, 0.717) is 13.1 Å². The van der Waals surface area contributed by atoms with E-state index in [2.05, 4.69) is 15.1 Å². The molecule has 1 aromatic carbocycles. The second-order valence-electron chi connectivity index (χ2n) is 5.18. The van der Waals surface area contributed by atoms with Gasteiger partial charge in [0, 0.05) is 37.9 Å². The summed E-state index contributed by atoms with van der Waals surface area (Å²) >= 11 is 0. The van der Waals surface area contributed by atoms with Crippen LogP contribution in [-0.2, 0) is 0 Å². The van der Waals surface area contributed by atoms with Gasteiger partial charge in [0.1, 0.15) is 0 Å². The summed E-state index contributed by atoms with van der Waals surface area (Å²) in [6.45, 7) is 4.98. The van der Waals surface area contributed by atoms with Gasteiger partial charge in [-0.3, -0.25) is 4.79 Å². The minimum Gasteiger partial charge on any atom is -0.352 e. The quantitative estimate of drug-likeness (QED) is 0.842. The van der Waals surface area contributed by atoms with Crippen molar-refractivity contribution in [3.05, 3.63) is 53.7 Å². The third-order valence-electron chi connectivity index (χ3n) is 3.82. The number of carbonyl (C=O) groups excluding carboxylic acids is 1. The zero-order chi connectivity index (χ0) is 14.7. The number of anilines is 1. The van der Waals surface area contributed by atoms with Crippen molar-refractivity contribution in [2.45, 2.75) is 6.92 Å². The number of aromatic nitrogens is 2. The van der Waals surface area contributed by atoms with Crippen molar-refractivity contribution in [3.8, 4) is 0 Å². The zero-order valence-electron chi connectivity index (χ0n) is 12.1. The topological polar surface area (TPSA) is 49.3 Å². The summed E-state index contributed by atoms with van der Waals surface area (Å²) in [4.78, 5) is 16.6. The van der Waals surface area contributed by atoms with Crippen molar-refractivity contribution in [2.24, 2.45) is 0 Å². The molecule has 0 saturated carbocycles. The van der Waals surface area contributed by atoms with Gasteiger partial charge in [0.2, 0.25) is 0 Å². The van der Waals surface area contributed by atoms with E-state index in [-0.39, 0.29) is 5.91 Å². The number of hydrogen-bond donors (Lipinski definition) is 0. The smallest absolute Gasteiger partial charge is 0.254 e. The van der Waals surface area contributed by atoms with Crippen LogP contribution < -0.4 is 4.90 Å². The average Bonchev–Trinajstić information content (AvgIpc) is 2.56. The fourth-order valence-corrected chi connectivity index (χ4v) is 2.58. The fourth-order valence-electron chi connectivity index (χ4n) is 2.58. The number of carbonyl (C=O) groups is 1. The van der Waals surface area contributed by atoms with Crippen LogP contribution in [0.5, 0.6) is 0 Å². The Morgan fingerprint density at radius 3 is 2.48 bits per heavy atom. The summed E-state index contributed by atoms with van der Waals surface area (Å²) in [7, 11) is 0. The molecular formula is C16H18N4O. The van der Waals surface area contributed by atoms with Crippen LogP contribution >= 0.6 is 0 Å². The van der Waals surface area contributed by atoms with E-state index in [9.17, 15) is 4.79 Å². The van der Waals surface area contributed by atoms with Gasteiger partial charge in [-0.25, -0.2) is 0 Å².